The van der Waals surface area contributed by atoms with Gasteiger partial charge in [-0.1, -0.05) is 18.2 Å². The van der Waals surface area contributed by atoms with Crippen molar-refractivity contribution in [3.63, 3.8) is 0 Å². The summed E-state index contributed by atoms with van der Waals surface area (Å²) in [5, 5.41) is 2.21. The summed E-state index contributed by atoms with van der Waals surface area (Å²) in [6.07, 6.45) is 0. The summed E-state index contributed by atoms with van der Waals surface area (Å²) in [5.41, 5.74) is 6.45. The molecule has 0 aliphatic heterocycles. The second-order valence-electron chi connectivity index (χ2n) is 2.94. The van der Waals surface area contributed by atoms with Crippen molar-refractivity contribution < 1.29 is 4.74 Å². The summed E-state index contributed by atoms with van der Waals surface area (Å²) in [6, 6.07) is 11.7. The lowest BCUT2D eigenvalue weighted by Crippen LogP contribution is -1.87. The van der Waals surface area contributed by atoms with Gasteiger partial charge in [0.25, 0.3) is 0 Å². The summed E-state index contributed by atoms with van der Waals surface area (Å²) in [5.74, 6) is 0.866. The molecule has 2 aromatic carbocycles. The Labute approximate surface area is 76.9 Å². The van der Waals surface area contributed by atoms with E-state index in [-0.39, 0.29) is 0 Å². The zero-order valence-electron chi connectivity index (χ0n) is 7.45. The molecule has 13 heavy (non-hydrogen) atoms. The Morgan fingerprint density at radius 3 is 2.77 bits per heavy atom. The van der Waals surface area contributed by atoms with Crippen LogP contribution >= 0.6 is 0 Å². The first kappa shape index (κ1) is 7.92. The molecule has 0 unspecified atom stereocenters. The van der Waals surface area contributed by atoms with Crippen LogP contribution in [0.15, 0.2) is 36.4 Å². The maximum absolute atomic E-state index is 5.69. The Hall–Kier alpha value is -1.70. The number of hydrogen-bond acceptors (Lipinski definition) is 2. The minimum Gasteiger partial charge on any atom is -0.496 e. The van der Waals surface area contributed by atoms with Crippen LogP contribution in [0, 0.1) is 0 Å². The summed E-state index contributed by atoms with van der Waals surface area (Å²) >= 11 is 0. The number of nitrogens with two attached hydrogens (primary N) is 1. The normalized spacial score (nSPS) is 10.2. The van der Waals surface area contributed by atoms with Crippen LogP contribution in [0.2, 0.25) is 0 Å². The summed E-state index contributed by atoms with van der Waals surface area (Å²) in [4.78, 5) is 0. The zero-order chi connectivity index (χ0) is 9.26. The fraction of sp³-hybridized carbons (Fsp3) is 0.0909. The molecule has 2 aromatic rings. The number of fused-ring (bicyclic) bond motifs is 1. The SMILES string of the molecule is COc1cccc2ccc(N)cc12. The second-order valence-corrected chi connectivity index (χ2v) is 2.94. The fourth-order valence-electron chi connectivity index (χ4n) is 1.44. The van der Waals surface area contributed by atoms with E-state index < -0.39 is 0 Å². The predicted molar refractivity (Wildman–Crippen MR) is 54.9 cm³/mol. The van der Waals surface area contributed by atoms with Crippen LogP contribution in [-0.4, -0.2) is 7.11 Å². The van der Waals surface area contributed by atoms with E-state index in [1.54, 1.807) is 7.11 Å². The van der Waals surface area contributed by atoms with Crippen LogP contribution in [0.4, 0.5) is 5.69 Å². The van der Waals surface area contributed by atoms with Crippen molar-refractivity contribution >= 4 is 16.5 Å². The lowest BCUT2D eigenvalue weighted by molar-refractivity contribution is 0.420. The molecule has 0 spiro atoms. The molecule has 0 radical (unpaired) electrons. The third-order valence-corrected chi connectivity index (χ3v) is 2.09. The van der Waals surface area contributed by atoms with Crippen LogP contribution < -0.4 is 10.5 Å². The largest absolute Gasteiger partial charge is 0.496 e. The first-order valence-electron chi connectivity index (χ1n) is 4.13. The number of anilines is 1. The van der Waals surface area contributed by atoms with Crippen molar-refractivity contribution in [2.24, 2.45) is 0 Å². The molecule has 2 nitrogen and oxygen atoms in total. The molecule has 0 amide bonds. The smallest absolute Gasteiger partial charge is 0.126 e. The second kappa shape index (κ2) is 2.98. The Balaban J connectivity index is 2.79. The predicted octanol–water partition coefficient (Wildman–Crippen LogP) is 2.43. The molecule has 0 fully saturated rings. The zero-order valence-corrected chi connectivity index (χ0v) is 7.45. The van der Waals surface area contributed by atoms with Crippen molar-refractivity contribution in [2.75, 3.05) is 12.8 Å². The van der Waals surface area contributed by atoms with Gasteiger partial charge in [-0.2, -0.15) is 0 Å². The van der Waals surface area contributed by atoms with Gasteiger partial charge in [-0.05, 0) is 23.6 Å². The highest BCUT2D eigenvalue weighted by Crippen LogP contribution is 2.26. The van der Waals surface area contributed by atoms with Gasteiger partial charge < -0.3 is 10.5 Å². The first-order chi connectivity index (χ1) is 6.31. The monoisotopic (exact) mass is 173 g/mol. The molecular weight excluding hydrogens is 162 g/mol. The van der Waals surface area contributed by atoms with Crippen molar-refractivity contribution in [1.29, 1.82) is 0 Å². The number of ether oxygens (including phenoxy) is 1. The van der Waals surface area contributed by atoms with Gasteiger partial charge in [0, 0.05) is 11.1 Å². The highest BCUT2D eigenvalue weighted by atomic mass is 16.5. The van der Waals surface area contributed by atoms with E-state index in [1.807, 2.05) is 36.4 Å². The molecule has 0 bridgehead atoms. The van der Waals surface area contributed by atoms with Crippen molar-refractivity contribution in [3.05, 3.63) is 36.4 Å². The molecule has 0 aliphatic rings. The van der Waals surface area contributed by atoms with Crippen molar-refractivity contribution in [1.82, 2.24) is 0 Å². The van der Waals surface area contributed by atoms with Gasteiger partial charge in [0.2, 0.25) is 0 Å². The third kappa shape index (κ3) is 1.31. The average Bonchev–Trinajstić information content (AvgIpc) is 2.17. The third-order valence-electron chi connectivity index (χ3n) is 2.09. The minimum absolute atomic E-state index is 0.761. The summed E-state index contributed by atoms with van der Waals surface area (Å²) in [7, 11) is 1.66. The maximum Gasteiger partial charge on any atom is 0.126 e. The van der Waals surface area contributed by atoms with Crippen LogP contribution in [-0.2, 0) is 0 Å². The van der Waals surface area contributed by atoms with Crippen LogP contribution in [0.5, 0.6) is 5.75 Å². The Bertz CT molecular complexity index is 437. The highest BCUT2D eigenvalue weighted by Gasteiger charge is 1.99. The van der Waals surface area contributed by atoms with Crippen molar-refractivity contribution in [2.45, 2.75) is 0 Å². The topological polar surface area (TPSA) is 35.2 Å². The molecular formula is C11H11NO. The minimum atomic E-state index is 0.761. The van der Waals surface area contributed by atoms with Crippen LogP contribution in [0.25, 0.3) is 10.8 Å². The number of rotatable bonds is 1. The molecule has 0 heterocycles. The lowest BCUT2D eigenvalue weighted by atomic mass is 10.1. The number of benzene rings is 2. The van der Waals surface area contributed by atoms with E-state index >= 15 is 0 Å². The molecule has 66 valence electrons. The Morgan fingerprint density at radius 1 is 1.15 bits per heavy atom. The van der Waals surface area contributed by atoms with Crippen LogP contribution in [0.3, 0.4) is 0 Å². The van der Waals surface area contributed by atoms with E-state index in [9.17, 15) is 0 Å². The van der Waals surface area contributed by atoms with Gasteiger partial charge in [-0.15, -0.1) is 0 Å². The molecule has 0 saturated heterocycles. The van der Waals surface area contributed by atoms with E-state index in [0.717, 1.165) is 22.2 Å². The van der Waals surface area contributed by atoms with Gasteiger partial charge in [0.1, 0.15) is 5.75 Å². The average molecular weight is 173 g/mol. The quantitative estimate of drug-likeness (QED) is 0.672. The fourth-order valence-corrected chi connectivity index (χ4v) is 1.44. The van der Waals surface area contributed by atoms with Crippen molar-refractivity contribution in [3.8, 4) is 5.75 Å². The van der Waals surface area contributed by atoms with Gasteiger partial charge in [0.15, 0.2) is 0 Å². The molecule has 2 heteroatoms. The molecule has 0 aromatic heterocycles. The lowest BCUT2D eigenvalue weighted by Gasteiger charge is -2.05. The molecule has 0 aliphatic carbocycles. The van der Waals surface area contributed by atoms with Gasteiger partial charge >= 0.3 is 0 Å². The Kier molecular flexibility index (Phi) is 1.81. The molecule has 0 atom stereocenters. The summed E-state index contributed by atoms with van der Waals surface area (Å²) < 4.78 is 5.23. The first-order valence-corrected chi connectivity index (χ1v) is 4.13. The highest BCUT2D eigenvalue weighted by molar-refractivity contribution is 5.90. The van der Waals surface area contributed by atoms with E-state index in [2.05, 4.69) is 0 Å². The molecule has 2 rings (SSSR count). The van der Waals surface area contributed by atoms with Gasteiger partial charge in [0.05, 0.1) is 7.11 Å². The maximum atomic E-state index is 5.69. The molecule has 0 saturated carbocycles. The number of hydrogen-bond donors (Lipinski definition) is 1. The Morgan fingerprint density at radius 2 is 2.00 bits per heavy atom. The van der Waals surface area contributed by atoms with Crippen LogP contribution in [0.1, 0.15) is 0 Å². The van der Waals surface area contributed by atoms with Gasteiger partial charge in [-0.3, -0.25) is 0 Å². The standard InChI is InChI=1S/C11H11NO/c1-13-11-4-2-3-8-5-6-9(12)7-10(8)11/h2-7H,12H2,1H3. The summed E-state index contributed by atoms with van der Waals surface area (Å²) in [6.45, 7) is 0. The van der Waals surface area contributed by atoms with Gasteiger partial charge in [-0.25, -0.2) is 0 Å². The van der Waals surface area contributed by atoms with E-state index in [0.29, 0.717) is 0 Å². The number of methoxy groups -OCH3 is 1. The van der Waals surface area contributed by atoms with E-state index in [4.69, 9.17) is 10.5 Å². The molecule has 2 N–H and O–H groups in total. The number of nitrogen functional groups attached to an aromatic ring is 1. The van der Waals surface area contributed by atoms with E-state index in [1.165, 1.54) is 0 Å².